The number of imidazole rings is 1. The number of ether oxygens (including phenoxy) is 2. The van der Waals surface area contributed by atoms with E-state index in [1.165, 1.54) is 11.8 Å². The molecule has 0 unspecified atom stereocenters. The van der Waals surface area contributed by atoms with E-state index >= 15 is 0 Å². The van der Waals surface area contributed by atoms with Crippen molar-refractivity contribution in [1.82, 2.24) is 14.5 Å². The number of nitrogens with zero attached hydrogens (tertiary/aromatic N) is 4. The Hall–Kier alpha value is -3.39. The Bertz CT molecular complexity index is 1030. The molecular weight excluding hydrogens is 404 g/mol. The van der Waals surface area contributed by atoms with Gasteiger partial charge in [-0.25, -0.2) is 4.98 Å². The van der Waals surface area contributed by atoms with Crippen LogP contribution in [0.15, 0.2) is 42.6 Å². The number of hydrogen-bond donors (Lipinski definition) is 2. The third-order valence-corrected chi connectivity index (χ3v) is 5.32. The highest BCUT2D eigenvalue weighted by atomic mass is 16.5. The maximum absolute atomic E-state index is 6.92. The van der Waals surface area contributed by atoms with E-state index in [1.807, 2.05) is 63.5 Å². The van der Waals surface area contributed by atoms with Crippen molar-refractivity contribution in [3.8, 4) is 5.88 Å². The number of nitrogen functional groups attached to an aromatic ring is 1. The van der Waals surface area contributed by atoms with Gasteiger partial charge in [-0.2, -0.15) is 4.98 Å². The summed E-state index contributed by atoms with van der Waals surface area (Å²) in [5.41, 5.74) is 10.3. The SMILES string of the molecule is Cc1cccc(C=N)c1.Cc1ncc(CCOc2cc(N3CCOCC3)cc(N)n2)n1C.[HH]. The van der Waals surface area contributed by atoms with Crippen molar-refractivity contribution in [2.24, 2.45) is 7.05 Å². The second-order valence-corrected chi connectivity index (χ2v) is 7.70. The molecule has 172 valence electrons. The van der Waals surface area contributed by atoms with E-state index in [4.69, 9.17) is 20.6 Å². The van der Waals surface area contributed by atoms with Gasteiger partial charge < -0.3 is 30.1 Å². The second kappa shape index (κ2) is 11.3. The summed E-state index contributed by atoms with van der Waals surface area (Å²) >= 11 is 0. The minimum Gasteiger partial charge on any atom is -0.477 e. The average Bonchev–Trinajstić information content (AvgIpc) is 3.12. The number of anilines is 2. The first-order chi connectivity index (χ1) is 15.5. The Kier molecular flexibility index (Phi) is 8.21. The summed E-state index contributed by atoms with van der Waals surface area (Å²) in [6.45, 7) is 7.73. The quantitative estimate of drug-likeness (QED) is 0.572. The summed E-state index contributed by atoms with van der Waals surface area (Å²) in [5.74, 6) is 2.03. The highest BCUT2D eigenvalue weighted by Gasteiger charge is 2.13. The maximum Gasteiger partial charge on any atom is 0.217 e. The van der Waals surface area contributed by atoms with Gasteiger partial charge in [-0.3, -0.25) is 0 Å². The number of nitrogens with two attached hydrogens (primary N) is 1. The Morgan fingerprint density at radius 1 is 1.22 bits per heavy atom. The van der Waals surface area contributed by atoms with Crippen molar-refractivity contribution in [3.05, 3.63) is 65.2 Å². The monoisotopic (exact) mass is 438 g/mol. The van der Waals surface area contributed by atoms with E-state index < -0.39 is 0 Å². The van der Waals surface area contributed by atoms with Gasteiger partial charge in [0.25, 0.3) is 0 Å². The van der Waals surface area contributed by atoms with Gasteiger partial charge in [0.05, 0.1) is 19.8 Å². The van der Waals surface area contributed by atoms with Gasteiger partial charge in [0.2, 0.25) is 5.88 Å². The zero-order valence-electron chi connectivity index (χ0n) is 19.0. The number of pyridine rings is 1. The second-order valence-electron chi connectivity index (χ2n) is 7.70. The first-order valence-electron chi connectivity index (χ1n) is 10.7. The largest absolute Gasteiger partial charge is 0.477 e. The number of aromatic nitrogens is 3. The number of hydrogen-bond acceptors (Lipinski definition) is 7. The minimum absolute atomic E-state index is 0. The zero-order chi connectivity index (χ0) is 22.9. The molecule has 0 spiro atoms. The molecule has 1 fully saturated rings. The molecule has 0 saturated carbocycles. The normalized spacial score (nSPS) is 13.3. The summed E-state index contributed by atoms with van der Waals surface area (Å²) in [5, 5.41) is 6.92. The van der Waals surface area contributed by atoms with E-state index in [9.17, 15) is 0 Å². The van der Waals surface area contributed by atoms with E-state index in [0.29, 0.717) is 18.3 Å². The maximum atomic E-state index is 6.92. The highest BCUT2D eigenvalue weighted by Crippen LogP contribution is 2.23. The molecule has 32 heavy (non-hydrogen) atoms. The van der Waals surface area contributed by atoms with Crippen LogP contribution < -0.4 is 15.4 Å². The molecule has 1 aliphatic heterocycles. The van der Waals surface area contributed by atoms with Crippen molar-refractivity contribution in [3.63, 3.8) is 0 Å². The molecule has 3 heterocycles. The molecule has 1 aliphatic rings. The van der Waals surface area contributed by atoms with Crippen LogP contribution in [-0.4, -0.2) is 53.7 Å². The fourth-order valence-corrected chi connectivity index (χ4v) is 3.39. The predicted molar refractivity (Wildman–Crippen MR) is 130 cm³/mol. The summed E-state index contributed by atoms with van der Waals surface area (Å²) in [6.07, 6.45) is 4.01. The van der Waals surface area contributed by atoms with E-state index in [1.54, 1.807) is 0 Å². The van der Waals surface area contributed by atoms with Crippen LogP contribution in [0, 0.1) is 19.3 Å². The van der Waals surface area contributed by atoms with E-state index in [2.05, 4.69) is 19.4 Å². The van der Waals surface area contributed by atoms with Gasteiger partial charge in [-0.05, 0) is 19.4 Å². The lowest BCUT2D eigenvalue weighted by atomic mass is 10.2. The Balaban J connectivity index is 0.000000326. The number of morpholine rings is 1. The predicted octanol–water partition coefficient (Wildman–Crippen LogP) is 3.40. The number of nitrogens with one attached hydrogen (secondary N) is 1. The first-order valence-corrected chi connectivity index (χ1v) is 10.7. The molecule has 8 heteroatoms. The molecule has 4 rings (SSSR count). The fraction of sp³-hybridized carbons (Fsp3) is 0.375. The summed E-state index contributed by atoms with van der Waals surface area (Å²) in [7, 11) is 2.01. The molecule has 0 atom stereocenters. The van der Waals surface area contributed by atoms with Crippen molar-refractivity contribution in [2.45, 2.75) is 20.3 Å². The van der Waals surface area contributed by atoms with Crippen LogP contribution in [0.4, 0.5) is 11.5 Å². The van der Waals surface area contributed by atoms with Gasteiger partial charge >= 0.3 is 0 Å². The van der Waals surface area contributed by atoms with Crippen LogP contribution >= 0.6 is 0 Å². The van der Waals surface area contributed by atoms with Crippen molar-refractivity contribution in [1.29, 1.82) is 5.41 Å². The number of benzene rings is 1. The third-order valence-electron chi connectivity index (χ3n) is 5.32. The summed E-state index contributed by atoms with van der Waals surface area (Å²) in [4.78, 5) is 10.8. The molecule has 3 aromatic rings. The molecule has 0 bridgehead atoms. The lowest BCUT2D eigenvalue weighted by molar-refractivity contribution is 0.122. The highest BCUT2D eigenvalue weighted by molar-refractivity contribution is 5.76. The van der Waals surface area contributed by atoms with Crippen LogP contribution in [0.5, 0.6) is 5.88 Å². The summed E-state index contributed by atoms with van der Waals surface area (Å²) < 4.78 is 13.2. The van der Waals surface area contributed by atoms with Gasteiger partial charge in [0.1, 0.15) is 11.6 Å². The molecule has 8 nitrogen and oxygen atoms in total. The number of rotatable bonds is 6. The fourth-order valence-electron chi connectivity index (χ4n) is 3.39. The molecular formula is C24H34N6O2. The Morgan fingerprint density at radius 2 is 2.00 bits per heavy atom. The third kappa shape index (κ3) is 6.55. The van der Waals surface area contributed by atoms with Gasteiger partial charge in [0.15, 0.2) is 0 Å². The molecule has 3 N–H and O–H groups in total. The van der Waals surface area contributed by atoms with Crippen molar-refractivity contribution >= 4 is 17.7 Å². The molecule has 1 saturated heterocycles. The summed E-state index contributed by atoms with van der Waals surface area (Å²) in [6, 6.07) is 11.7. The van der Waals surface area contributed by atoms with Crippen LogP contribution in [0.1, 0.15) is 24.1 Å². The lowest BCUT2D eigenvalue weighted by Crippen LogP contribution is -2.36. The van der Waals surface area contributed by atoms with Gasteiger partial charge in [-0.15, -0.1) is 0 Å². The standard InChI is InChI=1S/C16H23N5O2.C8H9N.H2/c1-12-18-11-13(20(12)2)3-6-23-16-10-14(9-15(17)19-16)21-4-7-22-8-5-21;1-7-3-2-4-8(5-7)6-9;/h9-11H,3-8H2,1-2H3,(H2,17,19);2-6,9H,1H3;1H. The topological polar surface area (TPSA) is 102 Å². The van der Waals surface area contributed by atoms with E-state index in [0.717, 1.165) is 55.5 Å². The molecule has 0 radical (unpaired) electrons. The minimum atomic E-state index is 0. The van der Waals surface area contributed by atoms with Gasteiger partial charge in [0, 0.05) is 63.9 Å². The van der Waals surface area contributed by atoms with Crippen molar-refractivity contribution in [2.75, 3.05) is 43.5 Å². The van der Waals surface area contributed by atoms with Crippen LogP contribution in [-0.2, 0) is 18.2 Å². The Labute approximate surface area is 191 Å². The van der Waals surface area contributed by atoms with Gasteiger partial charge in [-0.1, -0.05) is 29.8 Å². The smallest absolute Gasteiger partial charge is 0.217 e. The van der Waals surface area contributed by atoms with Crippen LogP contribution in [0.3, 0.4) is 0 Å². The molecule has 2 aromatic heterocycles. The first kappa shape index (κ1) is 23.3. The Morgan fingerprint density at radius 3 is 2.62 bits per heavy atom. The zero-order valence-corrected chi connectivity index (χ0v) is 19.0. The lowest BCUT2D eigenvalue weighted by Gasteiger charge is -2.29. The molecule has 0 amide bonds. The molecule has 1 aromatic carbocycles. The average molecular weight is 439 g/mol. The van der Waals surface area contributed by atoms with E-state index in [-0.39, 0.29) is 1.43 Å². The number of aryl methyl sites for hydroxylation is 2. The van der Waals surface area contributed by atoms with Crippen LogP contribution in [0.2, 0.25) is 0 Å². The molecule has 0 aliphatic carbocycles. The van der Waals surface area contributed by atoms with Crippen molar-refractivity contribution < 1.29 is 10.9 Å². The van der Waals surface area contributed by atoms with Crippen LogP contribution in [0.25, 0.3) is 0 Å².